The number of nitrogens with one attached hydrogen (secondary N) is 4. The zero-order valence-corrected chi connectivity index (χ0v) is 21.9. The van der Waals surface area contributed by atoms with Gasteiger partial charge in [-0.1, -0.05) is 24.3 Å². The topological polar surface area (TPSA) is 107 Å². The van der Waals surface area contributed by atoms with E-state index >= 15 is 0 Å². The second-order valence-electron chi connectivity index (χ2n) is 8.11. The molecule has 2 amide bonds. The third-order valence-corrected chi connectivity index (χ3v) is 5.56. The van der Waals surface area contributed by atoms with E-state index in [1.807, 2.05) is 86.9 Å². The highest BCUT2D eigenvalue weighted by Gasteiger charge is 2.03. The average Bonchev–Trinajstić information content (AvgIpc) is 2.94. The first-order chi connectivity index (χ1) is 18.4. The zero-order chi connectivity index (χ0) is 27.3. The van der Waals surface area contributed by atoms with Crippen LogP contribution in [0.25, 0.3) is 12.2 Å². The summed E-state index contributed by atoms with van der Waals surface area (Å²) in [6.45, 7) is 0. The van der Waals surface area contributed by atoms with Crippen LogP contribution in [0.4, 0.5) is 11.4 Å². The van der Waals surface area contributed by atoms with Crippen LogP contribution in [0, 0.1) is 0 Å². The van der Waals surface area contributed by atoms with Gasteiger partial charge in [-0.3, -0.25) is 19.6 Å². The maximum absolute atomic E-state index is 12.3. The molecule has 0 fully saturated rings. The molecule has 3 rings (SSSR count). The summed E-state index contributed by atoms with van der Waals surface area (Å²) in [5, 5.41) is 11.7. The van der Waals surface area contributed by atoms with E-state index in [1.54, 1.807) is 26.2 Å². The summed E-state index contributed by atoms with van der Waals surface area (Å²) in [5.41, 5.74) is 5.01. The zero-order valence-electron chi connectivity index (χ0n) is 21.9. The number of benzene rings is 3. The number of aliphatic imine (C=N–C) groups is 2. The van der Waals surface area contributed by atoms with Crippen LogP contribution < -0.4 is 21.3 Å². The van der Waals surface area contributed by atoms with E-state index in [-0.39, 0.29) is 11.8 Å². The first-order valence-corrected chi connectivity index (χ1v) is 12.0. The van der Waals surface area contributed by atoms with Crippen molar-refractivity contribution in [3.63, 3.8) is 0 Å². The number of anilines is 2. The van der Waals surface area contributed by atoms with E-state index in [0.29, 0.717) is 11.4 Å². The molecule has 38 heavy (non-hydrogen) atoms. The SMILES string of the molecule is CN=C(NC)c1ccc(NC(=O)/C=C/c2ccc(/C=C/C(=O)Nc3ccc(C(=NC)NC)cc3)cc2)cc1. The van der Waals surface area contributed by atoms with E-state index in [0.717, 1.165) is 33.9 Å². The molecule has 194 valence electrons. The van der Waals surface area contributed by atoms with Crippen LogP contribution in [0.15, 0.2) is 94.9 Å². The van der Waals surface area contributed by atoms with E-state index in [4.69, 9.17) is 0 Å². The van der Waals surface area contributed by atoms with Gasteiger partial charge in [0.15, 0.2) is 0 Å². The summed E-state index contributed by atoms with van der Waals surface area (Å²) < 4.78 is 0. The maximum Gasteiger partial charge on any atom is 0.248 e. The third-order valence-electron chi connectivity index (χ3n) is 5.56. The minimum Gasteiger partial charge on any atom is -0.373 e. The highest BCUT2D eigenvalue weighted by molar-refractivity contribution is 6.04. The predicted octanol–water partition coefficient (Wildman–Crippen LogP) is 4.18. The van der Waals surface area contributed by atoms with Gasteiger partial charge >= 0.3 is 0 Å². The third kappa shape index (κ3) is 8.03. The van der Waals surface area contributed by atoms with Crippen molar-refractivity contribution in [2.75, 3.05) is 38.8 Å². The minimum absolute atomic E-state index is 0.228. The van der Waals surface area contributed by atoms with E-state index in [1.165, 1.54) is 12.2 Å². The second kappa shape index (κ2) is 13.9. The van der Waals surface area contributed by atoms with Crippen molar-refractivity contribution in [3.05, 3.63) is 107 Å². The molecule has 3 aromatic rings. The summed E-state index contributed by atoms with van der Waals surface area (Å²) in [7, 11) is 7.06. The van der Waals surface area contributed by atoms with Gasteiger partial charge in [0.1, 0.15) is 11.7 Å². The van der Waals surface area contributed by atoms with Gasteiger partial charge in [-0.05, 0) is 71.8 Å². The van der Waals surface area contributed by atoms with Crippen molar-refractivity contribution >= 4 is 47.0 Å². The molecule has 0 saturated carbocycles. The standard InChI is InChI=1S/C30H32N6O2/c1-31-29(32-2)23-11-15-25(16-12-23)35-27(37)19-9-21-5-7-22(8-6-21)10-20-28(38)36-26-17-13-24(14-18-26)30(33-3)34-4/h5-20H,1-4H3,(H,31,32)(H,33,34)(H,35,37)(H,36,38)/b19-9+,20-10+. The predicted molar refractivity (Wildman–Crippen MR) is 158 cm³/mol. The molecule has 0 atom stereocenters. The van der Waals surface area contributed by atoms with Crippen LogP contribution in [0.5, 0.6) is 0 Å². The lowest BCUT2D eigenvalue weighted by Crippen LogP contribution is -2.19. The van der Waals surface area contributed by atoms with Gasteiger partial charge in [-0.15, -0.1) is 0 Å². The Morgan fingerprint density at radius 2 is 0.921 bits per heavy atom. The summed E-state index contributed by atoms with van der Waals surface area (Å²) in [6, 6.07) is 22.4. The lowest BCUT2D eigenvalue weighted by molar-refractivity contribution is -0.112. The Morgan fingerprint density at radius 1 is 0.579 bits per heavy atom. The van der Waals surface area contributed by atoms with Gasteiger partial charge in [0.05, 0.1) is 0 Å². The molecule has 0 aliphatic rings. The fourth-order valence-corrected chi connectivity index (χ4v) is 3.62. The van der Waals surface area contributed by atoms with Gasteiger partial charge in [-0.2, -0.15) is 0 Å². The van der Waals surface area contributed by atoms with Crippen molar-refractivity contribution in [2.24, 2.45) is 9.98 Å². The highest BCUT2D eigenvalue weighted by Crippen LogP contribution is 2.13. The van der Waals surface area contributed by atoms with Crippen LogP contribution >= 0.6 is 0 Å². The molecule has 8 nitrogen and oxygen atoms in total. The number of hydrogen-bond donors (Lipinski definition) is 4. The van der Waals surface area contributed by atoms with Crippen molar-refractivity contribution < 1.29 is 9.59 Å². The second-order valence-corrected chi connectivity index (χ2v) is 8.11. The van der Waals surface area contributed by atoms with Gasteiger partial charge in [0, 0.05) is 62.8 Å². The van der Waals surface area contributed by atoms with Crippen molar-refractivity contribution in [2.45, 2.75) is 0 Å². The Kier molecular flexibility index (Phi) is 10.1. The van der Waals surface area contributed by atoms with Crippen LogP contribution in [0.1, 0.15) is 22.3 Å². The molecule has 0 heterocycles. The number of rotatable bonds is 8. The molecule has 0 aromatic heterocycles. The number of nitrogens with zero attached hydrogens (tertiary/aromatic N) is 2. The Hall–Kier alpha value is -4.98. The number of amides is 2. The van der Waals surface area contributed by atoms with Crippen molar-refractivity contribution in [1.82, 2.24) is 10.6 Å². The van der Waals surface area contributed by atoms with Crippen molar-refractivity contribution in [1.29, 1.82) is 0 Å². The molecule has 0 aliphatic carbocycles. The normalized spacial score (nSPS) is 12.0. The molecule has 4 N–H and O–H groups in total. The maximum atomic E-state index is 12.3. The Morgan fingerprint density at radius 3 is 1.21 bits per heavy atom. The Balaban J connectivity index is 1.51. The van der Waals surface area contributed by atoms with Crippen LogP contribution in [-0.2, 0) is 9.59 Å². The van der Waals surface area contributed by atoms with Crippen LogP contribution in [0.2, 0.25) is 0 Å². The summed E-state index contributed by atoms with van der Waals surface area (Å²) in [6.07, 6.45) is 6.43. The summed E-state index contributed by atoms with van der Waals surface area (Å²) in [5.74, 6) is 1.10. The molecular formula is C30H32N6O2. The minimum atomic E-state index is -0.228. The number of carbonyl (C=O) groups excluding carboxylic acids is 2. The smallest absolute Gasteiger partial charge is 0.248 e. The fourth-order valence-electron chi connectivity index (χ4n) is 3.62. The fraction of sp³-hybridized carbons (Fsp3) is 0.133. The molecular weight excluding hydrogens is 476 g/mol. The van der Waals surface area contributed by atoms with E-state index in [2.05, 4.69) is 31.3 Å². The Labute approximate surface area is 223 Å². The van der Waals surface area contributed by atoms with Gasteiger partial charge in [0.25, 0.3) is 0 Å². The number of carbonyl (C=O) groups is 2. The molecule has 0 bridgehead atoms. The average molecular weight is 509 g/mol. The first-order valence-electron chi connectivity index (χ1n) is 12.0. The quantitative estimate of drug-likeness (QED) is 0.208. The molecule has 0 radical (unpaired) electrons. The van der Waals surface area contributed by atoms with Crippen LogP contribution in [-0.4, -0.2) is 51.7 Å². The summed E-state index contributed by atoms with van der Waals surface area (Å²) in [4.78, 5) is 32.9. The largest absolute Gasteiger partial charge is 0.373 e. The van der Waals surface area contributed by atoms with Gasteiger partial charge < -0.3 is 21.3 Å². The molecule has 0 aliphatic heterocycles. The lowest BCUT2D eigenvalue weighted by Gasteiger charge is -2.07. The van der Waals surface area contributed by atoms with Gasteiger partial charge in [0.2, 0.25) is 11.8 Å². The van der Waals surface area contributed by atoms with E-state index < -0.39 is 0 Å². The molecule has 8 heteroatoms. The summed E-state index contributed by atoms with van der Waals surface area (Å²) >= 11 is 0. The number of amidine groups is 2. The molecule has 0 unspecified atom stereocenters. The van der Waals surface area contributed by atoms with Crippen LogP contribution in [0.3, 0.4) is 0 Å². The van der Waals surface area contributed by atoms with Gasteiger partial charge in [-0.25, -0.2) is 0 Å². The molecule has 0 spiro atoms. The lowest BCUT2D eigenvalue weighted by atomic mass is 10.1. The highest BCUT2D eigenvalue weighted by atomic mass is 16.2. The molecule has 0 saturated heterocycles. The van der Waals surface area contributed by atoms with E-state index in [9.17, 15) is 9.59 Å². The molecule has 3 aromatic carbocycles. The van der Waals surface area contributed by atoms with Crippen molar-refractivity contribution in [3.8, 4) is 0 Å². The monoisotopic (exact) mass is 508 g/mol. The first kappa shape index (κ1) is 27.6. The number of hydrogen-bond acceptors (Lipinski definition) is 4. The Bertz CT molecular complexity index is 1250.